The number of hydrogen-bond acceptors (Lipinski definition) is 3. The fourth-order valence-electron chi connectivity index (χ4n) is 2.04. The van der Waals surface area contributed by atoms with Crippen LogP contribution >= 0.6 is 11.6 Å². The second-order valence-electron chi connectivity index (χ2n) is 4.22. The molecule has 1 amide bonds. The van der Waals surface area contributed by atoms with Gasteiger partial charge in [-0.3, -0.25) is 14.5 Å². The molecule has 5 heteroatoms. The summed E-state index contributed by atoms with van der Waals surface area (Å²) in [4.78, 5) is 29.2. The first kappa shape index (κ1) is 11.9. The summed E-state index contributed by atoms with van der Waals surface area (Å²) in [6.45, 7) is 0.311. The van der Waals surface area contributed by atoms with Crippen LogP contribution in [-0.4, -0.2) is 16.7 Å². The molecular weight excluding hydrogens is 264 g/mol. The largest absolute Gasteiger partial charge is 0.301 e. The van der Waals surface area contributed by atoms with Crippen LogP contribution in [0.4, 0.5) is 5.82 Å². The molecule has 94 valence electrons. The van der Waals surface area contributed by atoms with E-state index in [-0.39, 0.29) is 0 Å². The number of fused-ring (bicyclic) bond motifs is 1. The highest BCUT2D eigenvalue weighted by molar-refractivity contribution is 6.51. The van der Waals surface area contributed by atoms with E-state index < -0.39 is 11.7 Å². The molecule has 0 saturated carbocycles. The van der Waals surface area contributed by atoms with Crippen LogP contribution in [0.15, 0.2) is 42.6 Å². The molecule has 1 aliphatic rings. The van der Waals surface area contributed by atoms with Crippen molar-refractivity contribution in [1.29, 1.82) is 0 Å². The van der Waals surface area contributed by atoms with E-state index in [1.807, 2.05) is 12.1 Å². The molecule has 2 heterocycles. The predicted molar refractivity (Wildman–Crippen MR) is 71.2 cm³/mol. The van der Waals surface area contributed by atoms with Crippen molar-refractivity contribution in [3.05, 3.63) is 58.7 Å². The third kappa shape index (κ3) is 2.00. The van der Waals surface area contributed by atoms with Gasteiger partial charge in [0.15, 0.2) is 0 Å². The zero-order valence-electron chi connectivity index (χ0n) is 9.84. The van der Waals surface area contributed by atoms with Gasteiger partial charge in [0, 0.05) is 11.2 Å². The number of nitrogens with zero attached hydrogens (tertiary/aromatic N) is 2. The smallest absolute Gasteiger partial charge is 0.285 e. The molecule has 1 aromatic carbocycles. The van der Waals surface area contributed by atoms with Gasteiger partial charge in [0.1, 0.15) is 5.82 Å². The number of halogens is 1. The zero-order valence-corrected chi connectivity index (χ0v) is 10.6. The fraction of sp³-hybridized carbons (Fsp3) is 0.0714. The number of benzene rings is 1. The minimum absolute atomic E-state index is 0.311. The average Bonchev–Trinajstić information content (AvgIpc) is 2.67. The number of carbonyl (C=O) groups excluding carboxylic acids is 2. The number of Topliss-reactive ketones (excluding diaryl/α,β-unsaturated/α-hetero) is 1. The quantitative estimate of drug-likeness (QED) is 0.789. The highest BCUT2D eigenvalue weighted by Crippen LogP contribution is 2.27. The van der Waals surface area contributed by atoms with Crippen molar-refractivity contribution >= 4 is 29.1 Å². The van der Waals surface area contributed by atoms with Crippen LogP contribution in [0.3, 0.4) is 0 Å². The summed E-state index contributed by atoms with van der Waals surface area (Å²) < 4.78 is 0. The Kier molecular flexibility index (Phi) is 2.80. The molecule has 0 saturated heterocycles. The standard InChI is InChI=1S/C14H9ClN2O2/c15-10-5-3-9(4-6-10)8-17-13-11(2-1-7-16-13)12(18)14(17)19/h1-7H,8H2. The van der Waals surface area contributed by atoms with E-state index in [1.54, 1.807) is 30.5 Å². The van der Waals surface area contributed by atoms with Crippen LogP contribution in [0, 0.1) is 0 Å². The van der Waals surface area contributed by atoms with Crippen molar-refractivity contribution in [3.63, 3.8) is 0 Å². The average molecular weight is 273 g/mol. The summed E-state index contributed by atoms with van der Waals surface area (Å²) in [6, 6.07) is 10.4. The number of anilines is 1. The van der Waals surface area contributed by atoms with Crippen molar-refractivity contribution in [1.82, 2.24) is 4.98 Å². The maximum atomic E-state index is 11.9. The van der Waals surface area contributed by atoms with Crippen LogP contribution < -0.4 is 4.90 Å². The normalized spacial score (nSPS) is 13.8. The Morgan fingerprint density at radius 3 is 2.58 bits per heavy atom. The lowest BCUT2D eigenvalue weighted by atomic mass is 10.2. The Labute approximate surface area is 114 Å². The van der Waals surface area contributed by atoms with Gasteiger partial charge in [-0.15, -0.1) is 0 Å². The Morgan fingerprint density at radius 2 is 1.84 bits per heavy atom. The summed E-state index contributed by atoms with van der Waals surface area (Å²) in [5.74, 6) is -0.617. The second-order valence-corrected chi connectivity index (χ2v) is 4.66. The summed E-state index contributed by atoms with van der Waals surface area (Å²) >= 11 is 5.81. The highest BCUT2D eigenvalue weighted by Gasteiger charge is 2.36. The molecule has 0 N–H and O–H groups in total. The molecule has 0 fully saturated rings. The number of hydrogen-bond donors (Lipinski definition) is 0. The van der Waals surface area contributed by atoms with Crippen molar-refractivity contribution in [3.8, 4) is 0 Å². The minimum atomic E-state index is -0.538. The van der Waals surface area contributed by atoms with Gasteiger partial charge in [0.2, 0.25) is 0 Å². The maximum absolute atomic E-state index is 11.9. The van der Waals surface area contributed by atoms with Crippen LogP contribution in [0.2, 0.25) is 5.02 Å². The monoisotopic (exact) mass is 272 g/mol. The summed E-state index contributed by atoms with van der Waals surface area (Å²) in [7, 11) is 0. The molecule has 1 aliphatic heterocycles. The van der Waals surface area contributed by atoms with Gasteiger partial charge in [-0.2, -0.15) is 0 Å². The van der Waals surface area contributed by atoms with E-state index in [4.69, 9.17) is 11.6 Å². The van der Waals surface area contributed by atoms with E-state index >= 15 is 0 Å². The summed E-state index contributed by atoms with van der Waals surface area (Å²) in [5.41, 5.74) is 1.26. The molecule has 0 radical (unpaired) electrons. The number of rotatable bonds is 2. The van der Waals surface area contributed by atoms with Gasteiger partial charge in [-0.1, -0.05) is 23.7 Å². The van der Waals surface area contributed by atoms with Crippen molar-refractivity contribution in [2.24, 2.45) is 0 Å². The molecule has 1 aromatic heterocycles. The van der Waals surface area contributed by atoms with Crippen LogP contribution in [0.1, 0.15) is 15.9 Å². The maximum Gasteiger partial charge on any atom is 0.301 e. The third-order valence-electron chi connectivity index (χ3n) is 2.98. The lowest BCUT2D eigenvalue weighted by molar-refractivity contribution is -0.114. The van der Waals surface area contributed by atoms with Crippen molar-refractivity contribution in [2.75, 3.05) is 4.90 Å². The molecule has 0 bridgehead atoms. The lowest BCUT2D eigenvalue weighted by Crippen LogP contribution is -2.29. The molecule has 3 rings (SSSR count). The van der Waals surface area contributed by atoms with Crippen LogP contribution in [0.25, 0.3) is 0 Å². The second kappa shape index (κ2) is 4.48. The highest BCUT2D eigenvalue weighted by atomic mass is 35.5. The van der Waals surface area contributed by atoms with E-state index in [2.05, 4.69) is 4.98 Å². The number of ketones is 1. The minimum Gasteiger partial charge on any atom is -0.285 e. The molecule has 0 atom stereocenters. The number of carbonyl (C=O) groups is 2. The van der Waals surface area contributed by atoms with Crippen molar-refractivity contribution in [2.45, 2.75) is 6.54 Å². The Hall–Kier alpha value is -2.20. The van der Waals surface area contributed by atoms with Gasteiger partial charge >= 0.3 is 5.91 Å². The topological polar surface area (TPSA) is 50.3 Å². The SMILES string of the molecule is O=C1C(=O)N(Cc2ccc(Cl)cc2)c2ncccc21. The summed E-state index contributed by atoms with van der Waals surface area (Å²) in [6.07, 6.45) is 1.57. The van der Waals surface area contributed by atoms with E-state index in [0.29, 0.717) is 22.9 Å². The summed E-state index contributed by atoms with van der Waals surface area (Å²) in [5, 5.41) is 0.631. The number of amides is 1. The Balaban J connectivity index is 1.95. The third-order valence-corrected chi connectivity index (χ3v) is 3.23. The van der Waals surface area contributed by atoms with E-state index in [9.17, 15) is 9.59 Å². The van der Waals surface area contributed by atoms with Crippen molar-refractivity contribution < 1.29 is 9.59 Å². The zero-order chi connectivity index (χ0) is 13.4. The van der Waals surface area contributed by atoms with E-state index in [0.717, 1.165) is 5.56 Å². The molecule has 0 spiro atoms. The molecule has 2 aromatic rings. The van der Waals surface area contributed by atoms with Gasteiger partial charge in [0.05, 0.1) is 12.1 Å². The first-order valence-corrected chi connectivity index (χ1v) is 6.10. The first-order chi connectivity index (χ1) is 9.16. The molecule has 0 unspecified atom stereocenters. The number of aromatic nitrogens is 1. The van der Waals surface area contributed by atoms with Gasteiger partial charge < -0.3 is 0 Å². The molecule has 4 nitrogen and oxygen atoms in total. The molecule has 19 heavy (non-hydrogen) atoms. The lowest BCUT2D eigenvalue weighted by Gasteiger charge is -2.15. The fourth-order valence-corrected chi connectivity index (χ4v) is 2.17. The van der Waals surface area contributed by atoms with E-state index in [1.165, 1.54) is 4.90 Å². The number of pyridine rings is 1. The molecular formula is C14H9ClN2O2. The van der Waals surface area contributed by atoms with Gasteiger partial charge in [0.25, 0.3) is 5.78 Å². The Bertz CT molecular complexity index is 667. The van der Waals surface area contributed by atoms with Crippen LogP contribution in [0.5, 0.6) is 0 Å². The Morgan fingerprint density at radius 1 is 1.11 bits per heavy atom. The van der Waals surface area contributed by atoms with Gasteiger partial charge in [-0.25, -0.2) is 4.98 Å². The predicted octanol–water partition coefficient (Wildman–Crippen LogP) is 2.46. The van der Waals surface area contributed by atoms with Gasteiger partial charge in [-0.05, 0) is 29.8 Å². The first-order valence-electron chi connectivity index (χ1n) is 5.72. The molecule has 0 aliphatic carbocycles. The van der Waals surface area contributed by atoms with Crippen LogP contribution in [-0.2, 0) is 11.3 Å².